The van der Waals surface area contributed by atoms with Gasteiger partial charge in [-0.05, 0) is 55.3 Å². The summed E-state index contributed by atoms with van der Waals surface area (Å²) in [6, 6.07) is 9.11. The summed E-state index contributed by atoms with van der Waals surface area (Å²) in [6.07, 6.45) is 4.25. The van der Waals surface area contributed by atoms with E-state index in [2.05, 4.69) is 10.9 Å². The molecule has 0 atom stereocenters. The third-order valence-corrected chi connectivity index (χ3v) is 2.83. The lowest BCUT2D eigenvalue weighted by Crippen LogP contribution is -2.43. The molecule has 1 aromatic carbocycles. The number of furan rings is 1. The van der Waals surface area contributed by atoms with Crippen LogP contribution in [0.1, 0.15) is 16.9 Å². The minimum atomic E-state index is -0.471. The van der Waals surface area contributed by atoms with Crippen LogP contribution >= 0.6 is 0 Å². The highest BCUT2D eigenvalue weighted by Gasteiger charge is 2.04. The maximum Gasteiger partial charge on any atom is 0.276 e. The third-order valence-electron chi connectivity index (χ3n) is 2.83. The van der Waals surface area contributed by atoms with Crippen molar-refractivity contribution in [2.45, 2.75) is 13.8 Å². The van der Waals surface area contributed by atoms with Gasteiger partial charge < -0.3 is 9.15 Å². The van der Waals surface area contributed by atoms with Crippen molar-refractivity contribution in [3.8, 4) is 5.75 Å². The van der Waals surface area contributed by atoms with Crippen LogP contribution in [0.2, 0.25) is 0 Å². The first kappa shape index (κ1) is 16.4. The average molecular weight is 314 g/mol. The Bertz CT molecular complexity index is 685. The van der Waals surface area contributed by atoms with Gasteiger partial charge in [0.1, 0.15) is 11.5 Å². The molecule has 2 N–H and O–H groups in total. The molecule has 0 unspecified atom stereocenters. The van der Waals surface area contributed by atoms with Gasteiger partial charge in [0.05, 0.1) is 6.26 Å². The molecule has 0 spiro atoms. The molecular formula is C17H18N2O4. The van der Waals surface area contributed by atoms with Crippen molar-refractivity contribution in [2.24, 2.45) is 0 Å². The van der Waals surface area contributed by atoms with Crippen molar-refractivity contribution in [1.82, 2.24) is 10.9 Å². The molecule has 2 aromatic rings. The molecule has 6 nitrogen and oxygen atoms in total. The lowest BCUT2D eigenvalue weighted by atomic mass is 10.1. The summed E-state index contributed by atoms with van der Waals surface area (Å²) in [7, 11) is 0. The number of hydrogen-bond donors (Lipinski definition) is 2. The third kappa shape index (κ3) is 5.70. The molecule has 6 heteroatoms. The normalized spacial score (nSPS) is 10.5. The molecule has 0 bridgehead atoms. The largest absolute Gasteiger partial charge is 0.484 e. The highest BCUT2D eigenvalue weighted by molar-refractivity contribution is 5.92. The number of hydrogen-bond acceptors (Lipinski definition) is 4. The van der Waals surface area contributed by atoms with E-state index in [0.29, 0.717) is 11.5 Å². The minimum Gasteiger partial charge on any atom is -0.484 e. The van der Waals surface area contributed by atoms with Crippen molar-refractivity contribution in [2.75, 3.05) is 6.61 Å². The van der Waals surface area contributed by atoms with Crippen LogP contribution in [0.25, 0.3) is 6.08 Å². The molecule has 1 heterocycles. The first-order chi connectivity index (χ1) is 11.0. The van der Waals surface area contributed by atoms with Gasteiger partial charge in [-0.3, -0.25) is 20.4 Å². The van der Waals surface area contributed by atoms with Crippen LogP contribution in [0.3, 0.4) is 0 Å². The number of carbonyl (C=O) groups excluding carboxylic acids is 2. The minimum absolute atomic E-state index is 0.189. The van der Waals surface area contributed by atoms with Gasteiger partial charge in [0, 0.05) is 6.08 Å². The number of hydrazine groups is 1. The van der Waals surface area contributed by atoms with Crippen LogP contribution in [0.5, 0.6) is 5.75 Å². The first-order valence-corrected chi connectivity index (χ1v) is 7.04. The van der Waals surface area contributed by atoms with Crippen LogP contribution in [0.15, 0.2) is 47.1 Å². The van der Waals surface area contributed by atoms with E-state index in [9.17, 15) is 9.59 Å². The summed E-state index contributed by atoms with van der Waals surface area (Å²) in [5.41, 5.74) is 6.63. The summed E-state index contributed by atoms with van der Waals surface area (Å²) in [4.78, 5) is 23.1. The predicted octanol–water partition coefficient (Wildman–Crippen LogP) is 2.14. The molecule has 0 fully saturated rings. The molecule has 23 heavy (non-hydrogen) atoms. The van der Waals surface area contributed by atoms with Gasteiger partial charge in [-0.1, -0.05) is 6.07 Å². The molecule has 0 saturated heterocycles. The fourth-order valence-electron chi connectivity index (χ4n) is 1.92. The fourth-order valence-corrected chi connectivity index (χ4v) is 1.92. The number of amides is 2. The summed E-state index contributed by atoms with van der Waals surface area (Å²) in [5.74, 6) is 0.233. The Morgan fingerprint density at radius 2 is 1.91 bits per heavy atom. The summed E-state index contributed by atoms with van der Waals surface area (Å²) in [5, 5.41) is 0. The standard InChI is InChI=1S/C17H18N2O4/c1-12-8-13(2)10-15(9-12)23-11-17(21)19-18-16(20)6-5-14-4-3-7-22-14/h3-10H,11H2,1-2H3,(H,18,20)(H,19,21)/b6-5+. The second-order valence-electron chi connectivity index (χ2n) is 5.00. The van der Waals surface area contributed by atoms with Crippen LogP contribution in [-0.2, 0) is 9.59 Å². The smallest absolute Gasteiger partial charge is 0.276 e. The summed E-state index contributed by atoms with van der Waals surface area (Å²) >= 11 is 0. The number of ether oxygens (including phenoxy) is 1. The van der Waals surface area contributed by atoms with E-state index in [0.717, 1.165) is 11.1 Å². The molecule has 0 aliphatic carbocycles. The van der Waals surface area contributed by atoms with E-state index in [1.807, 2.05) is 32.0 Å². The average Bonchev–Trinajstić information content (AvgIpc) is 3.01. The number of aryl methyl sites for hydroxylation is 2. The van der Waals surface area contributed by atoms with Crippen LogP contribution in [0, 0.1) is 13.8 Å². The fraction of sp³-hybridized carbons (Fsp3) is 0.176. The predicted molar refractivity (Wildman–Crippen MR) is 85.4 cm³/mol. The van der Waals surface area contributed by atoms with Gasteiger partial charge in [0.15, 0.2) is 6.61 Å². The molecule has 2 rings (SSSR count). The second-order valence-corrected chi connectivity index (χ2v) is 5.00. The molecule has 1 aromatic heterocycles. The van der Waals surface area contributed by atoms with Crippen LogP contribution < -0.4 is 15.6 Å². The lowest BCUT2D eigenvalue weighted by Gasteiger charge is -2.09. The maximum atomic E-state index is 11.6. The number of benzene rings is 1. The van der Waals surface area contributed by atoms with E-state index in [4.69, 9.17) is 9.15 Å². The van der Waals surface area contributed by atoms with Gasteiger partial charge in [-0.25, -0.2) is 0 Å². The topological polar surface area (TPSA) is 80.6 Å². The van der Waals surface area contributed by atoms with E-state index >= 15 is 0 Å². The Morgan fingerprint density at radius 3 is 2.57 bits per heavy atom. The maximum absolute atomic E-state index is 11.6. The molecule has 0 radical (unpaired) electrons. The van der Waals surface area contributed by atoms with Gasteiger partial charge >= 0.3 is 0 Å². The van der Waals surface area contributed by atoms with Crippen molar-refractivity contribution in [3.05, 3.63) is 59.6 Å². The summed E-state index contributed by atoms with van der Waals surface area (Å²) in [6.45, 7) is 3.71. The van der Waals surface area contributed by atoms with E-state index in [1.165, 1.54) is 18.4 Å². The van der Waals surface area contributed by atoms with E-state index in [-0.39, 0.29) is 6.61 Å². The Hall–Kier alpha value is -3.02. The highest BCUT2D eigenvalue weighted by Crippen LogP contribution is 2.15. The summed E-state index contributed by atoms with van der Waals surface area (Å²) < 4.78 is 10.4. The number of rotatable bonds is 5. The number of carbonyl (C=O) groups is 2. The number of nitrogens with one attached hydrogen (secondary N) is 2. The Kier molecular flexibility index (Phi) is 5.57. The first-order valence-electron chi connectivity index (χ1n) is 7.04. The zero-order chi connectivity index (χ0) is 16.7. The second kappa shape index (κ2) is 7.84. The monoisotopic (exact) mass is 314 g/mol. The lowest BCUT2D eigenvalue weighted by molar-refractivity contribution is -0.128. The quantitative estimate of drug-likeness (QED) is 0.654. The van der Waals surface area contributed by atoms with Crippen molar-refractivity contribution in [1.29, 1.82) is 0 Å². The van der Waals surface area contributed by atoms with Gasteiger partial charge in [0.2, 0.25) is 0 Å². The SMILES string of the molecule is Cc1cc(C)cc(OCC(=O)NNC(=O)/C=C/c2ccco2)c1. The van der Waals surface area contributed by atoms with Gasteiger partial charge in [-0.15, -0.1) is 0 Å². The zero-order valence-corrected chi connectivity index (χ0v) is 13.0. The molecule has 0 saturated carbocycles. The van der Waals surface area contributed by atoms with Gasteiger partial charge in [-0.2, -0.15) is 0 Å². The molecule has 0 aliphatic heterocycles. The molecular weight excluding hydrogens is 296 g/mol. The molecule has 120 valence electrons. The Balaban J connectivity index is 1.73. The van der Waals surface area contributed by atoms with Crippen molar-refractivity contribution >= 4 is 17.9 Å². The molecule has 2 amide bonds. The van der Waals surface area contributed by atoms with E-state index in [1.54, 1.807) is 12.1 Å². The van der Waals surface area contributed by atoms with Crippen LogP contribution in [-0.4, -0.2) is 18.4 Å². The van der Waals surface area contributed by atoms with Crippen molar-refractivity contribution < 1.29 is 18.7 Å². The Morgan fingerprint density at radius 1 is 1.17 bits per heavy atom. The zero-order valence-electron chi connectivity index (χ0n) is 13.0. The molecule has 0 aliphatic rings. The van der Waals surface area contributed by atoms with Crippen LogP contribution in [0.4, 0.5) is 0 Å². The van der Waals surface area contributed by atoms with Crippen molar-refractivity contribution in [3.63, 3.8) is 0 Å². The van der Waals surface area contributed by atoms with Gasteiger partial charge in [0.25, 0.3) is 11.8 Å². The highest BCUT2D eigenvalue weighted by atomic mass is 16.5. The van der Waals surface area contributed by atoms with E-state index < -0.39 is 11.8 Å². The Labute approximate surface area is 134 Å².